The van der Waals surface area contributed by atoms with Crippen LogP contribution in [0.25, 0.3) is 0 Å². The van der Waals surface area contributed by atoms with Crippen molar-refractivity contribution in [3.05, 3.63) is 67.7 Å². The van der Waals surface area contributed by atoms with Gasteiger partial charge < -0.3 is 9.64 Å². The summed E-state index contributed by atoms with van der Waals surface area (Å²) in [5.74, 6) is 0.175. The van der Waals surface area contributed by atoms with Gasteiger partial charge in [0.1, 0.15) is 16.4 Å². The van der Waals surface area contributed by atoms with E-state index in [0.29, 0.717) is 42.3 Å². The van der Waals surface area contributed by atoms with E-state index < -0.39 is 10.5 Å². The lowest BCUT2D eigenvalue weighted by molar-refractivity contribution is -0.384. The lowest BCUT2D eigenvalue weighted by Crippen LogP contribution is -2.52. The first-order valence-corrected chi connectivity index (χ1v) is 9.79. The van der Waals surface area contributed by atoms with Gasteiger partial charge in [0, 0.05) is 42.6 Å². The molecule has 0 bridgehead atoms. The summed E-state index contributed by atoms with van der Waals surface area (Å²) in [5.41, 5.74) is -0.268. The number of piperidine rings is 1. The summed E-state index contributed by atoms with van der Waals surface area (Å²) in [6, 6.07) is 9.00. The second-order valence-electron chi connectivity index (χ2n) is 7.24. The summed E-state index contributed by atoms with van der Waals surface area (Å²) in [5, 5.41) is 11.5. The largest absolute Gasteiger partial charge is 0.486 e. The number of hydrogen-bond donors (Lipinski definition) is 0. The van der Waals surface area contributed by atoms with Gasteiger partial charge >= 0.3 is 0 Å². The Morgan fingerprint density at radius 1 is 1.14 bits per heavy atom. The van der Waals surface area contributed by atoms with Crippen molar-refractivity contribution in [2.24, 2.45) is 0 Å². The van der Waals surface area contributed by atoms with Crippen molar-refractivity contribution in [3.63, 3.8) is 0 Å². The van der Waals surface area contributed by atoms with Gasteiger partial charge in [-0.2, -0.15) is 0 Å². The molecule has 0 aromatic heterocycles. The minimum atomic E-state index is -0.652. The zero-order valence-corrected chi connectivity index (χ0v) is 16.7. The lowest BCUT2D eigenvalue weighted by Gasteiger charge is -2.44. The third-order valence-electron chi connectivity index (χ3n) is 5.40. The number of halogens is 2. The van der Waals surface area contributed by atoms with E-state index in [9.17, 15) is 19.7 Å². The lowest BCUT2D eigenvalue weighted by atomic mass is 9.82. The van der Waals surface area contributed by atoms with Crippen molar-refractivity contribution in [3.8, 4) is 5.75 Å². The number of nitrogens with zero attached hydrogens (tertiary/aromatic N) is 2. The third-order valence-corrected chi connectivity index (χ3v) is 5.96. The number of fused-ring (bicyclic) bond motifs is 1. The summed E-state index contributed by atoms with van der Waals surface area (Å²) >= 11 is 11.8. The molecule has 7 nitrogen and oxygen atoms in total. The molecule has 2 aliphatic rings. The average Bonchev–Trinajstić information content (AvgIpc) is 2.69. The number of carbonyl (C=O) groups excluding carboxylic acids is 2. The Morgan fingerprint density at radius 2 is 1.86 bits per heavy atom. The molecular weight excluding hydrogens is 419 g/mol. The highest BCUT2D eigenvalue weighted by atomic mass is 35.5. The zero-order chi connectivity index (χ0) is 20.8. The highest BCUT2D eigenvalue weighted by Gasteiger charge is 2.43. The Bertz CT molecular complexity index is 1030. The van der Waals surface area contributed by atoms with Gasteiger partial charge in [0.05, 0.1) is 16.9 Å². The van der Waals surface area contributed by atoms with Crippen LogP contribution < -0.4 is 4.74 Å². The maximum atomic E-state index is 12.8. The van der Waals surface area contributed by atoms with Crippen LogP contribution in [0.5, 0.6) is 5.75 Å². The normalized spacial score (nSPS) is 17.6. The first-order chi connectivity index (χ1) is 13.8. The number of carbonyl (C=O) groups is 2. The summed E-state index contributed by atoms with van der Waals surface area (Å²) in [6.45, 7) is 0.761. The molecule has 2 aliphatic heterocycles. The van der Waals surface area contributed by atoms with Crippen LogP contribution in [0.15, 0.2) is 36.4 Å². The molecule has 150 valence electrons. The monoisotopic (exact) mass is 434 g/mol. The first-order valence-electron chi connectivity index (χ1n) is 9.03. The molecule has 0 unspecified atom stereocenters. The molecule has 9 heteroatoms. The Labute approximate surface area is 176 Å². The molecule has 1 fully saturated rings. The fourth-order valence-electron chi connectivity index (χ4n) is 3.83. The molecule has 4 rings (SSSR count). The van der Waals surface area contributed by atoms with Crippen LogP contribution in [-0.2, 0) is 0 Å². The van der Waals surface area contributed by atoms with E-state index in [1.54, 1.807) is 23.1 Å². The Kier molecular flexibility index (Phi) is 4.96. The number of nitro groups is 1. The van der Waals surface area contributed by atoms with Gasteiger partial charge in [0.25, 0.3) is 11.6 Å². The fraction of sp³-hybridized carbons (Fsp3) is 0.300. The van der Waals surface area contributed by atoms with Gasteiger partial charge in [0.2, 0.25) is 0 Å². The standard InChI is InChI=1S/C20H16Cl2N2O5/c21-13-2-4-18-14(10-13)17(25)11-20(29-18)5-7-23(8-6-20)19(26)12-1-3-15(22)16(9-12)24(27)28/h1-4,9-10H,5-8,11H2. The maximum Gasteiger partial charge on any atom is 0.288 e. The van der Waals surface area contributed by atoms with Gasteiger partial charge in [-0.25, -0.2) is 0 Å². The molecule has 1 saturated heterocycles. The average molecular weight is 435 g/mol. The molecule has 0 radical (unpaired) electrons. The van der Waals surface area contributed by atoms with Crippen LogP contribution in [0.2, 0.25) is 10.0 Å². The number of hydrogen-bond acceptors (Lipinski definition) is 5. The number of rotatable bonds is 2. The predicted molar refractivity (Wildman–Crippen MR) is 107 cm³/mol. The van der Waals surface area contributed by atoms with Crippen molar-refractivity contribution in [2.75, 3.05) is 13.1 Å². The number of ketones is 1. The van der Waals surface area contributed by atoms with E-state index in [-0.39, 0.29) is 34.4 Å². The smallest absolute Gasteiger partial charge is 0.288 e. The van der Waals surface area contributed by atoms with Crippen LogP contribution in [0, 0.1) is 10.1 Å². The molecule has 0 N–H and O–H groups in total. The van der Waals surface area contributed by atoms with E-state index in [4.69, 9.17) is 27.9 Å². The Hall–Kier alpha value is -2.64. The van der Waals surface area contributed by atoms with Gasteiger partial charge in [0.15, 0.2) is 5.78 Å². The first kappa shape index (κ1) is 19.7. The van der Waals surface area contributed by atoms with E-state index in [1.807, 2.05) is 0 Å². The van der Waals surface area contributed by atoms with Crippen LogP contribution >= 0.6 is 23.2 Å². The van der Waals surface area contributed by atoms with Gasteiger partial charge in [-0.05, 0) is 30.3 Å². The molecule has 1 spiro atoms. The number of Topliss-reactive ketones (excluding diaryl/α,β-unsaturated/α-hetero) is 1. The van der Waals surface area contributed by atoms with E-state index in [0.717, 1.165) is 0 Å². The SMILES string of the molecule is O=C1CC2(CCN(C(=O)c3ccc(Cl)c([N+](=O)[O-])c3)CC2)Oc2ccc(Cl)cc21. The summed E-state index contributed by atoms with van der Waals surface area (Å²) in [4.78, 5) is 37.4. The second kappa shape index (κ2) is 7.31. The summed E-state index contributed by atoms with van der Waals surface area (Å²) in [7, 11) is 0. The molecule has 2 aromatic carbocycles. The Balaban J connectivity index is 1.49. The van der Waals surface area contributed by atoms with Crippen molar-refractivity contribution >= 4 is 40.6 Å². The zero-order valence-electron chi connectivity index (χ0n) is 15.2. The molecule has 2 aromatic rings. The minimum absolute atomic E-state index is 0.0166. The van der Waals surface area contributed by atoms with E-state index >= 15 is 0 Å². The van der Waals surface area contributed by atoms with Crippen molar-refractivity contribution in [2.45, 2.75) is 24.9 Å². The minimum Gasteiger partial charge on any atom is -0.486 e. The maximum absolute atomic E-state index is 12.8. The molecule has 0 atom stereocenters. The second-order valence-corrected chi connectivity index (χ2v) is 8.08. The number of likely N-dealkylation sites (tertiary alicyclic amines) is 1. The molecule has 29 heavy (non-hydrogen) atoms. The molecule has 0 saturated carbocycles. The number of nitro benzene ring substituents is 1. The number of ether oxygens (including phenoxy) is 1. The van der Waals surface area contributed by atoms with E-state index in [2.05, 4.69) is 0 Å². The van der Waals surface area contributed by atoms with Crippen LogP contribution in [0.4, 0.5) is 5.69 Å². The van der Waals surface area contributed by atoms with Crippen LogP contribution in [0.3, 0.4) is 0 Å². The molecular formula is C20H16Cl2N2O5. The number of amides is 1. The quantitative estimate of drug-likeness (QED) is 0.510. The van der Waals surface area contributed by atoms with Gasteiger partial charge in [-0.15, -0.1) is 0 Å². The summed E-state index contributed by atoms with van der Waals surface area (Å²) < 4.78 is 6.16. The van der Waals surface area contributed by atoms with Crippen molar-refractivity contribution < 1.29 is 19.2 Å². The highest BCUT2D eigenvalue weighted by Crippen LogP contribution is 2.40. The van der Waals surface area contributed by atoms with Gasteiger partial charge in [-0.1, -0.05) is 23.2 Å². The van der Waals surface area contributed by atoms with Crippen LogP contribution in [0.1, 0.15) is 40.0 Å². The molecule has 2 heterocycles. The fourth-order valence-corrected chi connectivity index (χ4v) is 4.19. The topological polar surface area (TPSA) is 89.8 Å². The van der Waals surface area contributed by atoms with Crippen molar-refractivity contribution in [1.29, 1.82) is 0 Å². The Morgan fingerprint density at radius 3 is 2.55 bits per heavy atom. The summed E-state index contributed by atoms with van der Waals surface area (Å²) in [6.07, 6.45) is 1.21. The highest BCUT2D eigenvalue weighted by molar-refractivity contribution is 6.32. The third kappa shape index (κ3) is 3.68. The van der Waals surface area contributed by atoms with E-state index in [1.165, 1.54) is 18.2 Å². The van der Waals surface area contributed by atoms with Gasteiger partial charge in [-0.3, -0.25) is 19.7 Å². The molecule has 1 amide bonds. The molecule has 0 aliphatic carbocycles. The number of benzene rings is 2. The van der Waals surface area contributed by atoms with Crippen LogP contribution in [-0.4, -0.2) is 40.2 Å². The predicted octanol–water partition coefficient (Wildman–Crippen LogP) is 4.54. The van der Waals surface area contributed by atoms with Crippen molar-refractivity contribution in [1.82, 2.24) is 4.90 Å².